The van der Waals surface area contributed by atoms with Crippen molar-refractivity contribution in [3.63, 3.8) is 0 Å². The third-order valence-corrected chi connectivity index (χ3v) is 2.06. The Hall–Kier alpha value is -1.40. The molecule has 0 aliphatic carbocycles. The van der Waals surface area contributed by atoms with E-state index in [1.54, 1.807) is 12.3 Å². The number of nitrogens with two attached hydrogens (primary N) is 1. The van der Waals surface area contributed by atoms with Gasteiger partial charge in [-0.25, -0.2) is 4.98 Å². The molecule has 1 aromatic rings. The monoisotopic (exact) mass is 196 g/mol. The molecule has 0 saturated carbocycles. The minimum Gasteiger partial charge on any atom is -0.388 e. The van der Waals surface area contributed by atoms with Crippen molar-refractivity contribution < 1.29 is 9.84 Å². The molecule has 0 radical (unpaired) electrons. The van der Waals surface area contributed by atoms with E-state index in [1.165, 1.54) is 0 Å². The summed E-state index contributed by atoms with van der Waals surface area (Å²) >= 11 is 0. The lowest BCUT2D eigenvalue weighted by Gasteiger charge is -2.14. The molecule has 1 saturated heterocycles. The normalized spacial score (nSPS) is 26.4. The maximum atomic E-state index is 9.46. The summed E-state index contributed by atoms with van der Waals surface area (Å²) < 4.78 is 5.08. The van der Waals surface area contributed by atoms with Gasteiger partial charge in [0.15, 0.2) is 0 Å². The molecule has 0 amide bonds. The van der Waals surface area contributed by atoms with Crippen LogP contribution in [0.2, 0.25) is 0 Å². The summed E-state index contributed by atoms with van der Waals surface area (Å²) in [6.07, 6.45) is 1.07. The maximum Gasteiger partial charge on any atom is 0.221 e. The molecule has 1 aliphatic rings. The third-order valence-electron chi connectivity index (χ3n) is 2.06. The van der Waals surface area contributed by atoms with Crippen molar-refractivity contribution in [3.8, 4) is 0 Å². The van der Waals surface area contributed by atoms with E-state index in [9.17, 15) is 5.11 Å². The number of hydrogen-bond acceptors (Lipinski definition) is 6. The predicted molar refractivity (Wildman–Crippen MR) is 50.7 cm³/mol. The second-order valence-electron chi connectivity index (χ2n) is 3.16. The lowest BCUT2D eigenvalue weighted by atomic mass is 10.2. The number of aliphatic hydroxyl groups excluding tert-OH is 1. The number of hydrogen-bond donors (Lipinski definition) is 3. The fourth-order valence-electron chi connectivity index (χ4n) is 1.32. The average molecular weight is 196 g/mol. The van der Waals surface area contributed by atoms with Gasteiger partial charge < -0.3 is 20.9 Å². The van der Waals surface area contributed by atoms with Crippen molar-refractivity contribution in [2.24, 2.45) is 0 Å². The second kappa shape index (κ2) is 3.77. The van der Waals surface area contributed by atoms with Crippen molar-refractivity contribution >= 4 is 11.8 Å². The summed E-state index contributed by atoms with van der Waals surface area (Å²) in [5.74, 6) is 0.815. The zero-order chi connectivity index (χ0) is 9.97. The molecule has 0 aromatic carbocycles. The number of aromatic nitrogens is 2. The molecule has 0 spiro atoms. The number of anilines is 2. The van der Waals surface area contributed by atoms with Crippen molar-refractivity contribution in [1.29, 1.82) is 0 Å². The molecule has 4 N–H and O–H groups in total. The van der Waals surface area contributed by atoms with E-state index in [4.69, 9.17) is 10.5 Å². The smallest absolute Gasteiger partial charge is 0.221 e. The van der Waals surface area contributed by atoms with Crippen LogP contribution >= 0.6 is 0 Å². The highest BCUT2D eigenvalue weighted by Gasteiger charge is 2.26. The minimum atomic E-state index is -0.494. The SMILES string of the molecule is Nc1nccc(NC2COCC2O)n1. The Balaban J connectivity index is 2.03. The minimum absolute atomic E-state index is 0.121. The van der Waals surface area contributed by atoms with Crippen molar-refractivity contribution in [2.75, 3.05) is 24.3 Å². The molecular formula is C8H12N4O2. The molecule has 1 aromatic heterocycles. The molecule has 2 atom stereocenters. The van der Waals surface area contributed by atoms with Gasteiger partial charge in [-0.3, -0.25) is 0 Å². The van der Waals surface area contributed by atoms with Crippen LogP contribution in [0.3, 0.4) is 0 Å². The van der Waals surface area contributed by atoms with Gasteiger partial charge in [-0.2, -0.15) is 4.98 Å². The summed E-state index contributed by atoms with van der Waals surface area (Å²) in [6, 6.07) is 1.57. The van der Waals surface area contributed by atoms with E-state index in [2.05, 4.69) is 15.3 Å². The largest absolute Gasteiger partial charge is 0.388 e. The van der Waals surface area contributed by atoms with Crippen molar-refractivity contribution in [1.82, 2.24) is 9.97 Å². The number of ether oxygens (including phenoxy) is 1. The second-order valence-corrected chi connectivity index (χ2v) is 3.16. The van der Waals surface area contributed by atoms with E-state index >= 15 is 0 Å². The average Bonchev–Trinajstić information content (AvgIpc) is 2.52. The van der Waals surface area contributed by atoms with Gasteiger partial charge in [0, 0.05) is 6.20 Å². The van der Waals surface area contributed by atoms with Crippen LogP contribution in [-0.2, 0) is 4.74 Å². The Morgan fingerprint density at radius 1 is 1.57 bits per heavy atom. The zero-order valence-electron chi connectivity index (χ0n) is 7.55. The van der Waals surface area contributed by atoms with Gasteiger partial charge in [-0.15, -0.1) is 0 Å². The Bertz CT molecular complexity index is 320. The zero-order valence-corrected chi connectivity index (χ0v) is 7.55. The Labute approximate surface area is 81.1 Å². The molecule has 6 heteroatoms. The van der Waals surface area contributed by atoms with Crippen LogP contribution in [0.4, 0.5) is 11.8 Å². The first-order chi connectivity index (χ1) is 6.75. The number of nitrogens with one attached hydrogen (secondary N) is 1. The standard InChI is InChI=1S/C8H12N4O2/c9-8-10-2-1-7(12-8)11-5-3-14-4-6(5)13/h1-2,5-6,13H,3-4H2,(H3,9,10,11,12). The van der Waals surface area contributed by atoms with Gasteiger partial charge >= 0.3 is 0 Å². The fourth-order valence-corrected chi connectivity index (χ4v) is 1.32. The molecule has 2 rings (SSSR count). The van der Waals surface area contributed by atoms with E-state index in [0.29, 0.717) is 19.0 Å². The Morgan fingerprint density at radius 3 is 3.07 bits per heavy atom. The van der Waals surface area contributed by atoms with Gasteiger partial charge in [-0.05, 0) is 6.07 Å². The molecule has 2 unspecified atom stereocenters. The summed E-state index contributed by atoms with van der Waals surface area (Å²) in [7, 11) is 0. The van der Waals surface area contributed by atoms with E-state index in [-0.39, 0.29) is 12.0 Å². The number of nitrogens with zero attached hydrogens (tertiary/aromatic N) is 2. The van der Waals surface area contributed by atoms with Gasteiger partial charge in [0.25, 0.3) is 0 Å². The molecule has 2 heterocycles. The van der Waals surface area contributed by atoms with Crippen molar-refractivity contribution in [2.45, 2.75) is 12.1 Å². The van der Waals surface area contributed by atoms with Gasteiger partial charge in [0.05, 0.1) is 25.4 Å². The first-order valence-corrected chi connectivity index (χ1v) is 4.36. The summed E-state index contributed by atoms with van der Waals surface area (Å²) in [5.41, 5.74) is 5.41. The van der Waals surface area contributed by atoms with Crippen LogP contribution in [0.15, 0.2) is 12.3 Å². The molecule has 14 heavy (non-hydrogen) atoms. The summed E-state index contributed by atoms with van der Waals surface area (Å²) in [6.45, 7) is 0.837. The highest BCUT2D eigenvalue weighted by atomic mass is 16.5. The van der Waals surface area contributed by atoms with Crippen LogP contribution in [-0.4, -0.2) is 40.4 Å². The van der Waals surface area contributed by atoms with Crippen LogP contribution in [0.1, 0.15) is 0 Å². The highest BCUT2D eigenvalue weighted by Crippen LogP contribution is 2.12. The molecule has 1 fully saturated rings. The van der Waals surface area contributed by atoms with Crippen molar-refractivity contribution in [3.05, 3.63) is 12.3 Å². The first kappa shape index (κ1) is 9.17. The maximum absolute atomic E-state index is 9.46. The Kier molecular flexibility index (Phi) is 2.47. The number of aliphatic hydroxyl groups is 1. The molecule has 76 valence electrons. The van der Waals surface area contributed by atoms with E-state index in [1.807, 2.05) is 0 Å². The third kappa shape index (κ3) is 1.91. The lowest BCUT2D eigenvalue weighted by Crippen LogP contribution is -2.32. The Morgan fingerprint density at radius 2 is 2.43 bits per heavy atom. The van der Waals surface area contributed by atoms with E-state index < -0.39 is 6.10 Å². The van der Waals surface area contributed by atoms with Crippen LogP contribution < -0.4 is 11.1 Å². The molecule has 0 bridgehead atoms. The van der Waals surface area contributed by atoms with E-state index in [0.717, 1.165) is 0 Å². The molecule has 6 nitrogen and oxygen atoms in total. The van der Waals surface area contributed by atoms with Crippen LogP contribution in [0, 0.1) is 0 Å². The number of nitrogen functional groups attached to an aromatic ring is 1. The van der Waals surface area contributed by atoms with Crippen LogP contribution in [0.25, 0.3) is 0 Å². The number of rotatable bonds is 2. The molecular weight excluding hydrogens is 184 g/mol. The van der Waals surface area contributed by atoms with Crippen LogP contribution in [0.5, 0.6) is 0 Å². The van der Waals surface area contributed by atoms with Gasteiger partial charge in [-0.1, -0.05) is 0 Å². The highest BCUT2D eigenvalue weighted by molar-refractivity contribution is 5.38. The van der Waals surface area contributed by atoms with Gasteiger partial charge in [0.1, 0.15) is 5.82 Å². The summed E-state index contributed by atoms with van der Waals surface area (Å²) in [4.78, 5) is 7.73. The van der Waals surface area contributed by atoms with Gasteiger partial charge in [0.2, 0.25) is 5.95 Å². The fraction of sp³-hybridized carbons (Fsp3) is 0.500. The summed E-state index contributed by atoms with van der Waals surface area (Å²) in [5, 5.41) is 12.5. The lowest BCUT2D eigenvalue weighted by molar-refractivity contribution is 0.125. The predicted octanol–water partition coefficient (Wildman–Crippen LogP) is -0.770. The quantitative estimate of drug-likeness (QED) is 0.575. The molecule has 1 aliphatic heterocycles. The first-order valence-electron chi connectivity index (χ1n) is 4.36. The topological polar surface area (TPSA) is 93.3 Å².